The van der Waals surface area contributed by atoms with Gasteiger partial charge in [-0.25, -0.2) is 0 Å². The highest BCUT2D eigenvalue weighted by Gasteiger charge is 2.20. The zero-order chi connectivity index (χ0) is 19.4. The van der Waals surface area contributed by atoms with Gasteiger partial charge in [0.15, 0.2) is 10.9 Å². The van der Waals surface area contributed by atoms with E-state index in [9.17, 15) is 9.59 Å². The first-order valence-corrected chi connectivity index (χ1v) is 9.68. The smallest absolute Gasteiger partial charge is 0.197 e. The number of pyridine rings is 2. The van der Waals surface area contributed by atoms with Gasteiger partial charge in [0.2, 0.25) is 0 Å². The first kappa shape index (κ1) is 16.8. The zero-order valence-corrected chi connectivity index (χ0v) is 15.8. The second kappa shape index (κ2) is 6.06. The van der Waals surface area contributed by atoms with E-state index >= 15 is 0 Å². The summed E-state index contributed by atoms with van der Waals surface area (Å²) >= 11 is 0. The van der Waals surface area contributed by atoms with Crippen LogP contribution in [0.4, 0.5) is 0 Å². The van der Waals surface area contributed by atoms with Crippen molar-refractivity contribution in [1.82, 2.24) is 9.97 Å². The van der Waals surface area contributed by atoms with Gasteiger partial charge >= 0.3 is 0 Å². The Morgan fingerprint density at radius 3 is 1.43 bits per heavy atom. The predicted molar refractivity (Wildman–Crippen MR) is 116 cm³/mol. The van der Waals surface area contributed by atoms with E-state index in [-0.39, 0.29) is 10.9 Å². The van der Waals surface area contributed by atoms with Gasteiger partial charge in [-0.05, 0) is 48.2 Å². The molecule has 5 rings (SSSR count). The number of aromatic nitrogens is 2. The molecule has 2 aromatic heterocycles. The molecule has 0 spiro atoms. The van der Waals surface area contributed by atoms with Crippen LogP contribution in [0.3, 0.4) is 0 Å². The number of fused-ring (bicyclic) bond motifs is 4. The minimum atomic E-state index is 0.0202. The number of benzene rings is 3. The highest BCUT2D eigenvalue weighted by atomic mass is 16.1. The van der Waals surface area contributed by atoms with Crippen LogP contribution in [0.1, 0.15) is 25.0 Å². The molecule has 2 N–H and O–H groups in total. The minimum absolute atomic E-state index is 0.0202. The molecule has 0 saturated carbocycles. The second-order valence-corrected chi connectivity index (χ2v) is 7.16. The molecule has 0 atom stereocenters. The van der Waals surface area contributed by atoms with Crippen molar-refractivity contribution >= 4 is 43.6 Å². The van der Waals surface area contributed by atoms with Crippen molar-refractivity contribution in [1.29, 1.82) is 0 Å². The Hall–Kier alpha value is -3.40. The van der Waals surface area contributed by atoms with Gasteiger partial charge < -0.3 is 9.97 Å². The van der Waals surface area contributed by atoms with Crippen molar-refractivity contribution in [3.05, 3.63) is 80.1 Å². The van der Waals surface area contributed by atoms with E-state index in [1.54, 1.807) is 0 Å². The van der Waals surface area contributed by atoms with E-state index in [4.69, 9.17) is 0 Å². The van der Waals surface area contributed by atoms with Gasteiger partial charge in [0, 0.05) is 21.8 Å². The molecule has 0 saturated heterocycles. The van der Waals surface area contributed by atoms with Gasteiger partial charge in [0.05, 0.1) is 21.8 Å². The summed E-state index contributed by atoms with van der Waals surface area (Å²) in [5.74, 6) is 0. The fourth-order valence-electron chi connectivity index (χ4n) is 4.46. The Balaban J connectivity index is 2.18. The average Bonchev–Trinajstić information content (AvgIpc) is 2.73. The molecule has 2 heterocycles. The van der Waals surface area contributed by atoms with E-state index in [2.05, 4.69) is 9.97 Å². The van der Waals surface area contributed by atoms with Crippen LogP contribution in [0.25, 0.3) is 43.6 Å². The number of para-hydroxylation sites is 2. The quantitative estimate of drug-likeness (QED) is 0.440. The van der Waals surface area contributed by atoms with E-state index in [1.165, 1.54) is 0 Å². The Labute approximate surface area is 160 Å². The van der Waals surface area contributed by atoms with Crippen LogP contribution in [0.5, 0.6) is 0 Å². The van der Waals surface area contributed by atoms with Crippen molar-refractivity contribution in [3.8, 4) is 0 Å². The molecule has 0 aliphatic rings. The van der Waals surface area contributed by atoms with E-state index in [0.717, 1.165) is 33.2 Å². The number of aromatic amines is 2. The highest BCUT2D eigenvalue weighted by Crippen LogP contribution is 2.31. The lowest BCUT2D eigenvalue weighted by Crippen LogP contribution is -2.14. The third-order valence-electron chi connectivity index (χ3n) is 5.73. The Kier molecular flexibility index (Phi) is 3.63. The summed E-state index contributed by atoms with van der Waals surface area (Å²) in [4.78, 5) is 33.7. The molecule has 0 amide bonds. The summed E-state index contributed by atoms with van der Waals surface area (Å²) in [5.41, 5.74) is 5.02. The summed E-state index contributed by atoms with van der Waals surface area (Å²) in [6, 6.07) is 15.1. The predicted octanol–water partition coefficient (Wildman–Crippen LogP) is 4.80. The van der Waals surface area contributed by atoms with Gasteiger partial charge in [-0.2, -0.15) is 0 Å². The minimum Gasteiger partial charge on any atom is -0.354 e. The summed E-state index contributed by atoms with van der Waals surface area (Å²) in [7, 11) is 0. The number of H-pyrrole nitrogens is 2. The van der Waals surface area contributed by atoms with Crippen LogP contribution in [0.2, 0.25) is 0 Å². The number of hydrogen-bond donors (Lipinski definition) is 2. The maximum Gasteiger partial charge on any atom is 0.197 e. The van der Waals surface area contributed by atoms with Crippen molar-refractivity contribution in [2.75, 3.05) is 0 Å². The third-order valence-corrected chi connectivity index (χ3v) is 5.73. The fourth-order valence-corrected chi connectivity index (χ4v) is 4.46. The summed E-state index contributed by atoms with van der Waals surface area (Å²) in [6.07, 6.45) is 1.32. The second-order valence-electron chi connectivity index (χ2n) is 7.16. The highest BCUT2D eigenvalue weighted by molar-refractivity contribution is 6.08. The number of hydrogen-bond acceptors (Lipinski definition) is 2. The molecule has 0 radical (unpaired) electrons. The molecule has 3 aromatic carbocycles. The summed E-state index contributed by atoms with van der Waals surface area (Å²) in [6.45, 7) is 4.06. The van der Waals surface area contributed by atoms with Crippen molar-refractivity contribution in [2.45, 2.75) is 26.7 Å². The van der Waals surface area contributed by atoms with Crippen LogP contribution in [0, 0.1) is 0 Å². The molecule has 0 bridgehead atoms. The lowest BCUT2D eigenvalue weighted by molar-refractivity contribution is 1.13. The lowest BCUT2D eigenvalue weighted by atomic mass is 9.92. The number of nitrogens with one attached hydrogen (secondary N) is 2. The molecule has 138 valence electrons. The Morgan fingerprint density at radius 2 is 1.04 bits per heavy atom. The number of aryl methyl sites for hydroxylation is 2. The lowest BCUT2D eigenvalue weighted by Gasteiger charge is -2.16. The third kappa shape index (κ3) is 2.12. The van der Waals surface area contributed by atoms with Gasteiger partial charge in [0.25, 0.3) is 0 Å². The Bertz CT molecular complexity index is 1410. The van der Waals surface area contributed by atoms with Gasteiger partial charge in [-0.3, -0.25) is 9.59 Å². The van der Waals surface area contributed by atoms with Crippen LogP contribution in [0.15, 0.2) is 58.1 Å². The van der Waals surface area contributed by atoms with Crippen LogP contribution < -0.4 is 10.9 Å². The van der Waals surface area contributed by atoms with Crippen molar-refractivity contribution in [3.63, 3.8) is 0 Å². The molecule has 0 unspecified atom stereocenters. The molecule has 0 aliphatic carbocycles. The molecule has 4 heteroatoms. The normalized spacial score (nSPS) is 11.8. The first-order valence-electron chi connectivity index (χ1n) is 9.68. The topological polar surface area (TPSA) is 65.7 Å². The summed E-state index contributed by atoms with van der Waals surface area (Å²) in [5, 5.41) is 2.73. The number of rotatable bonds is 2. The van der Waals surface area contributed by atoms with E-state index in [1.807, 2.05) is 62.4 Å². The molecular weight excluding hydrogens is 348 g/mol. The molecule has 0 aliphatic heterocycles. The fraction of sp³-hybridized carbons (Fsp3) is 0.167. The average molecular weight is 368 g/mol. The van der Waals surface area contributed by atoms with Crippen LogP contribution >= 0.6 is 0 Å². The zero-order valence-electron chi connectivity index (χ0n) is 15.8. The molecule has 4 nitrogen and oxygen atoms in total. The SMILES string of the molecule is CCc1c2[nH]c3ccccc3c(=O)c2c(CC)c2[nH]c3ccccc3c(=O)c12. The van der Waals surface area contributed by atoms with E-state index in [0.29, 0.717) is 34.4 Å². The van der Waals surface area contributed by atoms with Crippen molar-refractivity contribution < 1.29 is 0 Å². The molecule has 0 fully saturated rings. The largest absolute Gasteiger partial charge is 0.354 e. The van der Waals surface area contributed by atoms with Crippen LogP contribution in [-0.2, 0) is 12.8 Å². The molecular formula is C24H20N2O2. The standard InChI is InChI=1S/C24H20N2O2/c1-3-13-19-22(26-18-12-8-5-9-15(18)23(19)27)14(4-2)20-21(13)25-17-11-7-6-10-16(17)24(20)28/h5-12H,3-4H2,1-2H3,(H,25,28)(H,26,27). The van der Waals surface area contributed by atoms with Gasteiger partial charge in [-0.1, -0.05) is 38.1 Å². The molecule has 5 aromatic rings. The Morgan fingerprint density at radius 1 is 0.643 bits per heavy atom. The van der Waals surface area contributed by atoms with Crippen LogP contribution in [-0.4, -0.2) is 9.97 Å². The van der Waals surface area contributed by atoms with E-state index < -0.39 is 0 Å². The summed E-state index contributed by atoms with van der Waals surface area (Å²) < 4.78 is 0. The maximum atomic E-state index is 13.4. The molecule has 28 heavy (non-hydrogen) atoms. The van der Waals surface area contributed by atoms with Gasteiger partial charge in [-0.15, -0.1) is 0 Å². The first-order chi connectivity index (χ1) is 13.7. The van der Waals surface area contributed by atoms with Gasteiger partial charge in [0.1, 0.15) is 0 Å². The van der Waals surface area contributed by atoms with Crippen molar-refractivity contribution in [2.24, 2.45) is 0 Å². The monoisotopic (exact) mass is 368 g/mol. The maximum absolute atomic E-state index is 13.4.